The Hall–Kier alpha value is -0.590. The molecule has 0 saturated carbocycles. The number of halogens is 1. The Morgan fingerprint density at radius 1 is 1.90 bits per heavy atom. The number of hydrogen-bond acceptors (Lipinski definition) is 3. The van der Waals surface area contributed by atoms with Crippen LogP contribution in [0.3, 0.4) is 0 Å². The molecule has 0 aliphatic carbocycles. The van der Waals surface area contributed by atoms with Crippen molar-refractivity contribution >= 4 is 28.8 Å². The average Bonchev–Trinajstić information content (AvgIpc) is 2.34. The van der Waals surface area contributed by atoms with Crippen molar-refractivity contribution in [3.8, 4) is 0 Å². The van der Waals surface area contributed by atoms with Crippen molar-refractivity contribution in [2.24, 2.45) is 0 Å². The van der Waals surface area contributed by atoms with Gasteiger partial charge in [-0.05, 0) is 6.92 Å². The fourth-order valence-electron chi connectivity index (χ4n) is 0.568. The van der Waals surface area contributed by atoms with Gasteiger partial charge in [0.25, 0.3) is 5.91 Å². The zero-order valence-electron chi connectivity index (χ0n) is 5.22. The largest absolute Gasteiger partial charge is 0.448 e. The maximum Gasteiger partial charge on any atom is 0.282 e. The second-order valence-corrected chi connectivity index (χ2v) is 2.22. The molecule has 0 spiro atoms. The molecule has 1 aromatic rings. The van der Waals surface area contributed by atoms with Gasteiger partial charge in [-0.15, -0.1) is 0 Å². The van der Waals surface area contributed by atoms with E-state index in [1.807, 2.05) is 0 Å². The normalized spacial score (nSPS) is 9.40. The summed E-state index contributed by atoms with van der Waals surface area (Å²) in [7, 11) is 0. The van der Waals surface area contributed by atoms with Gasteiger partial charge in [0.1, 0.15) is 5.76 Å². The Balaban J connectivity index is 2.93. The zero-order valence-corrected chi connectivity index (χ0v) is 7.38. The predicted octanol–water partition coefficient (Wildman–Crippen LogP) is 1.06. The van der Waals surface area contributed by atoms with Crippen LogP contribution < -0.4 is 3.53 Å². The lowest BCUT2D eigenvalue weighted by atomic mass is 10.3. The van der Waals surface area contributed by atoms with Gasteiger partial charge in [0.15, 0.2) is 12.1 Å². The van der Waals surface area contributed by atoms with E-state index in [9.17, 15) is 4.79 Å². The van der Waals surface area contributed by atoms with E-state index in [1.54, 1.807) is 29.8 Å². The number of oxazole rings is 1. The molecule has 0 aliphatic rings. The van der Waals surface area contributed by atoms with Gasteiger partial charge in [0.2, 0.25) is 0 Å². The van der Waals surface area contributed by atoms with E-state index in [1.165, 1.54) is 6.39 Å². The molecule has 1 aromatic heterocycles. The Morgan fingerprint density at radius 3 is 3.00 bits per heavy atom. The first kappa shape index (κ1) is 7.52. The summed E-state index contributed by atoms with van der Waals surface area (Å²) in [6.07, 6.45) is 1.25. The molecule has 54 valence electrons. The summed E-state index contributed by atoms with van der Waals surface area (Å²) in [6, 6.07) is 0. The lowest BCUT2D eigenvalue weighted by molar-refractivity contribution is 0.0984. The van der Waals surface area contributed by atoms with Gasteiger partial charge in [0, 0.05) is 0 Å². The number of carbonyl (C=O) groups excluding carboxylic acids is 1. The number of aromatic nitrogens is 1. The molecule has 0 saturated heterocycles. The van der Waals surface area contributed by atoms with Crippen LogP contribution in [0, 0.1) is 6.92 Å². The molecule has 5 heteroatoms. The SMILES string of the molecule is Cc1ocnc1C(=O)NI. The fraction of sp³-hybridized carbons (Fsp3) is 0.200. The minimum absolute atomic E-state index is 0.230. The molecule has 10 heavy (non-hydrogen) atoms. The third kappa shape index (κ3) is 1.28. The molecule has 1 amide bonds. The molecule has 0 atom stereocenters. The van der Waals surface area contributed by atoms with Crippen LogP contribution in [0.1, 0.15) is 16.2 Å². The van der Waals surface area contributed by atoms with Crippen LogP contribution in [0.5, 0.6) is 0 Å². The summed E-state index contributed by atoms with van der Waals surface area (Å²) < 4.78 is 7.23. The van der Waals surface area contributed by atoms with Gasteiger partial charge < -0.3 is 4.42 Å². The van der Waals surface area contributed by atoms with Crippen molar-refractivity contribution in [1.29, 1.82) is 0 Å². The van der Waals surface area contributed by atoms with E-state index in [0.29, 0.717) is 11.5 Å². The first-order chi connectivity index (χ1) is 4.75. The molecule has 0 bridgehead atoms. The Bertz CT molecular complexity index is 246. The topological polar surface area (TPSA) is 55.1 Å². The summed E-state index contributed by atoms with van der Waals surface area (Å²) >= 11 is 1.75. The van der Waals surface area contributed by atoms with Gasteiger partial charge in [-0.1, -0.05) is 0 Å². The lowest BCUT2D eigenvalue weighted by Gasteiger charge is -1.90. The Kier molecular flexibility index (Phi) is 2.25. The van der Waals surface area contributed by atoms with E-state index in [4.69, 9.17) is 4.42 Å². The molecular formula is C5H5IN2O2. The van der Waals surface area contributed by atoms with Crippen molar-refractivity contribution in [2.75, 3.05) is 0 Å². The number of amides is 1. The molecule has 0 radical (unpaired) electrons. The van der Waals surface area contributed by atoms with Crippen molar-refractivity contribution in [3.05, 3.63) is 17.8 Å². The lowest BCUT2D eigenvalue weighted by Crippen LogP contribution is -2.13. The first-order valence-corrected chi connectivity index (χ1v) is 3.64. The van der Waals surface area contributed by atoms with Crippen LogP contribution in [-0.2, 0) is 0 Å². The highest BCUT2D eigenvalue weighted by atomic mass is 127. The number of aryl methyl sites for hydroxylation is 1. The van der Waals surface area contributed by atoms with Gasteiger partial charge in [-0.25, -0.2) is 4.98 Å². The highest BCUT2D eigenvalue weighted by Gasteiger charge is 2.10. The van der Waals surface area contributed by atoms with Crippen molar-refractivity contribution < 1.29 is 9.21 Å². The van der Waals surface area contributed by atoms with Crippen LogP contribution in [0.15, 0.2) is 10.8 Å². The Labute approximate surface area is 71.5 Å². The minimum Gasteiger partial charge on any atom is -0.448 e. The maximum atomic E-state index is 10.9. The van der Waals surface area contributed by atoms with Crippen molar-refractivity contribution in [3.63, 3.8) is 0 Å². The molecule has 4 nitrogen and oxygen atoms in total. The predicted molar refractivity (Wildman–Crippen MR) is 42.7 cm³/mol. The minimum atomic E-state index is -0.230. The highest BCUT2D eigenvalue weighted by molar-refractivity contribution is 14.1. The quantitative estimate of drug-likeness (QED) is 0.600. The standard InChI is InChI=1S/C5H5IN2O2/c1-3-4(5(9)8-6)7-2-10-3/h2H,1H3,(H,8,9). The Morgan fingerprint density at radius 2 is 2.60 bits per heavy atom. The van der Waals surface area contributed by atoms with Crippen molar-refractivity contribution in [2.45, 2.75) is 6.92 Å². The van der Waals surface area contributed by atoms with Gasteiger partial charge >= 0.3 is 0 Å². The molecule has 1 N–H and O–H groups in total. The van der Waals surface area contributed by atoms with Crippen LogP contribution in [-0.4, -0.2) is 10.9 Å². The second-order valence-electron chi connectivity index (χ2n) is 1.68. The van der Waals surface area contributed by atoms with Crippen LogP contribution >= 0.6 is 22.9 Å². The zero-order chi connectivity index (χ0) is 7.56. The third-order valence-electron chi connectivity index (χ3n) is 1.05. The molecule has 0 aromatic carbocycles. The third-order valence-corrected chi connectivity index (χ3v) is 1.54. The second kappa shape index (κ2) is 3.00. The maximum absolute atomic E-state index is 10.9. The van der Waals surface area contributed by atoms with E-state index in [0.717, 1.165) is 0 Å². The van der Waals surface area contributed by atoms with E-state index in [2.05, 4.69) is 8.51 Å². The molecule has 0 unspecified atom stereocenters. The van der Waals surface area contributed by atoms with E-state index < -0.39 is 0 Å². The number of hydrogen-bond donors (Lipinski definition) is 1. The summed E-state index contributed by atoms with van der Waals surface area (Å²) in [5.41, 5.74) is 0.342. The van der Waals surface area contributed by atoms with Gasteiger partial charge in [-0.3, -0.25) is 8.32 Å². The summed E-state index contributed by atoms with van der Waals surface area (Å²) in [6.45, 7) is 1.69. The monoisotopic (exact) mass is 252 g/mol. The molecule has 0 aliphatic heterocycles. The van der Waals surface area contributed by atoms with E-state index >= 15 is 0 Å². The summed E-state index contributed by atoms with van der Waals surface area (Å²) in [5, 5.41) is 0. The number of nitrogens with one attached hydrogen (secondary N) is 1. The van der Waals surface area contributed by atoms with Crippen LogP contribution in [0.25, 0.3) is 0 Å². The average molecular weight is 252 g/mol. The summed E-state index contributed by atoms with van der Waals surface area (Å²) in [5.74, 6) is 0.306. The highest BCUT2D eigenvalue weighted by Crippen LogP contribution is 2.03. The molecule has 0 fully saturated rings. The fourth-order valence-corrected chi connectivity index (χ4v) is 0.824. The number of nitrogens with zero attached hydrogens (tertiary/aromatic N) is 1. The van der Waals surface area contributed by atoms with Crippen LogP contribution in [0.4, 0.5) is 0 Å². The first-order valence-electron chi connectivity index (χ1n) is 2.56. The van der Waals surface area contributed by atoms with E-state index in [-0.39, 0.29) is 5.91 Å². The number of carbonyl (C=O) groups is 1. The molecule has 1 heterocycles. The van der Waals surface area contributed by atoms with Gasteiger partial charge in [-0.2, -0.15) is 0 Å². The summed E-state index contributed by atoms with van der Waals surface area (Å²) in [4.78, 5) is 14.6. The van der Waals surface area contributed by atoms with Crippen LogP contribution in [0.2, 0.25) is 0 Å². The molecular weight excluding hydrogens is 247 g/mol. The smallest absolute Gasteiger partial charge is 0.282 e. The molecule has 1 rings (SSSR count). The van der Waals surface area contributed by atoms with Crippen molar-refractivity contribution in [1.82, 2.24) is 8.51 Å². The number of rotatable bonds is 1. The van der Waals surface area contributed by atoms with Gasteiger partial charge in [0.05, 0.1) is 22.9 Å².